The molecular weight excluding hydrogens is 314 g/mol. The van der Waals surface area contributed by atoms with Gasteiger partial charge in [0.1, 0.15) is 5.01 Å². The average Bonchev–Trinajstić information content (AvgIpc) is 3.25. The Hall–Kier alpha value is -1.24. The van der Waals surface area contributed by atoms with E-state index < -0.39 is 0 Å². The second-order valence-corrected chi connectivity index (χ2v) is 7.33. The molecule has 4 nitrogen and oxygen atoms in total. The van der Waals surface area contributed by atoms with E-state index in [2.05, 4.69) is 28.2 Å². The number of nitrogens with zero attached hydrogens (tertiary/aromatic N) is 2. The highest BCUT2D eigenvalue weighted by Crippen LogP contribution is 2.27. The maximum atomic E-state index is 12.1. The number of thiazole rings is 1. The molecule has 3 rings (SSSR count). The number of thiophene rings is 1. The SMILES string of the molecule is CCN1CCCC1CNC(=O)Cc1csc(-c2cccs2)n1. The summed E-state index contributed by atoms with van der Waals surface area (Å²) < 4.78 is 0. The highest BCUT2D eigenvalue weighted by Gasteiger charge is 2.23. The molecule has 22 heavy (non-hydrogen) atoms. The van der Waals surface area contributed by atoms with Crippen LogP contribution >= 0.6 is 22.7 Å². The van der Waals surface area contributed by atoms with E-state index in [-0.39, 0.29) is 5.91 Å². The Bertz CT molecular complexity index is 609. The lowest BCUT2D eigenvalue weighted by atomic mass is 10.2. The third-order valence-corrected chi connectivity index (χ3v) is 6.00. The molecule has 1 amide bonds. The zero-order valence-corrected chi connectivity index (χ0v) is 14.4. The highest BCUT2D eigenvalue weighted by atomic mass is 32.1. The summed E-state index contributed by atoms with van der Waals surface area (Å²) in [6.07, 6.45) is 2.80. The van der Waals surface area contributed by atoms with E-state index in [1.165, 1.54) is 17.7 Å². The molecule has 1 N–H and O–H groups in total. The highest BCUT2D eigenvalue weighted by molar-refractivity contribution is 7.20. The monoisotopic (exact) mass is 335 g/mol. The third-order valence-electron chi connectivity index (χ3n) is 4.07. The smallest absolute Gasteiger partial charge is 0.226 e. The summed E-state index contributed by atoms with van der Waals surface area (Å²) >= 11 is 3.29. The normalized spacial score (nSPS) is 18.7. The van der Waals surface area contributed by atoms with Gasteiger partial charge in [-0.3, -0.25) is 9.69 Å². The number of carbonyl (C=O) groups excluding carboxylic acids is 1. The molecule has 0 radical (unpaired) electrons. The summed E-state index contributed by atoms with van der Waals surface area (Å²) in [6.45, 7) is 5.17. The second kappa shape index (κ2) is 7.35. The molecular formula is C16H21N3OS2. The maximum absolute atomic E-state index is 12.1. The van der Waals surface area contributed by atoms with Gasteiger partial charge in [-0.25, -0.2) is 4.98 Å². The van der Waals surface area contributed by atoms with Crippen LogP contribution in [0.15, 0.2) is 22.9 Å². The summed E-state index contributed by atoms with van der Waals surface area (Å²) in [7, 11) is 0. The predicted molar refractivity (Wildman–Crippen MR) is 92.4 cm³/mol. The van der Waals surface area contributed by atoms with Gasteiger partial charge in [0.15, 0.2) is 0 Å². The quantitative estimate of drug-likeness (QED) is 0.882. The summed E-state index contributed by atoms with van der Waals surface area (Å²) in [4.78, 5) is 20.3. The van der Waals surface area contributed by atoms with E-state index >= 15 is 0 Å². The first-order valence-electron chi connectivity index (χ1n) is 7.75. The van der Waals surface area contributed by atoms with Crippen molar-refractivity contribution in [2.45, 2.75) is 32.2 Å². The number of nitrogens with one attached hydrogen (secondary N) is 1. The number of hydrogen-bond acceptors (Lipinski definition) is 5. The Balaban J connectivity index is 1.50. The molecule has 1 unspecified atom stereocenters. The first kappa shape index (κ1) is 15.6. The molecule has 0 aliphatic carbocycles. The van der Waals surface area contributed by atoms with Crippen LogP contribution in [-0.2, 0) is 11.2 Å². The minimum atomic E-state index is 0.0750. The van der Waals surface area contributed by atoms with Crippen LogP contribution in [0.4, 0.5) is 0 Å². The van der Waals surface area contributed by atoms with Gasteiger partial charge in [-0.05, 0) is 37.4 Å². The molecule has 3 heterocycles. The number of amides is 1. The van der Waals surface area contributed by atoms with Crippen LogP contribution in [0.25, 0.3) is 9.88 Å². The van der Waals surface area contributed by atoms with Crippen LogP contribution in [0.5, 0.6) is 0 Å². The molecule has 1 aliphatic heterocycles. The molecule has 1 aliphatic rings. The van der Waals surface area contributed by atoms with Crippen molar-refractivity contribution in [3.05, 3.63) is 28.6 Å². The Kier molecular flexibility index (Phi) is 5.23. The van der Waals surface area contributed by atoms with Crippen molar-refractivity contribution in [3.63, 3.8) is 0 Å². The van der Waals surface area contributed by atoms with Crippen LogP contribution in [-0.4, -0.2) is 41.5 Å². The number of aromatic nitrogens is 1. The second-order valence-electron chi connectivity index (χ2n) is 5.53. The van der Waals surface area contributed by atoms with E-state index in [1.807, 2.05) is 16.8 Å². The molecule has 1 atom stereocenters. The van der Waals surface area contributed by atoms with E-state index in [1.54, 1.807) is 22.7 Å². The van der Waals surface area contributed by atoms with Gasteiger partial charge in [0, 0.05) is 18.0 Å². The van der Waals surface area contributed by atoms with Crippen LogP contribution in [0, 0.1) is 0 Å². The van der Waals surface area contributed by atoms with E-state index in [0.29, 0.717) is 12.5 Å². The third kappa shape index (κ3) is 3.74. The average molecular weight is 335 g/mol. The fourth-order valence-corrected chi connectivity index (χ4v) is 4.54. The van der Waals surface area contributed by atoms with Crippen molar-refractivity contribution in [2.75, 3.05) is 19.6 Å². The van der Waals surface area contributed by atoms with Crippen molar-refractivity contribution in [2.24, 2.45) is 0 Å². The van der Waals surface area contributed by atoms with Gasteiger partial charge in [0.25, 0.3) is 0 Å². The summed E-state index contributed by atoms with van der Waals surface area (Å²) in [5.74, 6) is 0.0750. The first-order valence-corrected chi connectivity index (χ1v) is 9.51. The standard InChI is InChI=1S/C16H21N3OS2/c1-2-19-7-3-5-13(19)10-17-15(20)9-12-11-22-16(18-12)14-6-4-8-21-14/h4,6,8,11,13H,2-3,5,7,9-10H2,1H3,(H,17,20). The van der Waals surface area contributed by atoms with Gasteiger partial charge >= 0.3 is 0 Å². The summed E-state index contributed by atoms with van der Waals surface area (Å²) in [6, 6.07) is 4.59. The van der Waals surface area contributed by atoms with Gasteiger partial charge in [0.05, 0.1) is 17.0 Å². The van der Waals surface area contributed by atoms with Crippen LogP contribution < -0.4 is 5.32 Å². The topological polar surface area (TPSA) is 45.2 Å². The van der Waals surface area contributed by atoms with Crippen LogP contribution in [0.3, 0.4) is 0 Å². The lowest BCUT2D eigenvalue weighted by Gasteiger charge is -2.22. The van der Waals surface area contributed by atoms with Gasteiger partial charge < -0.3 is 5.32 Å². The van der Waals surface area contributed by atoms with Crippen molar-refractivity contribution in [1.29, 1.82) is 0 Å². The van der Waals surface area contributed by atoms with Gasteiger partial charge in [0.2, 0.25) is 5.91 Å². The van der Waals surface area contributed by atoms with Crippen LogP contribution in [0.2, 0.25) is 0 Å². The number of carbonyl (C=O) groups is 1. The molecule has 1 saturated heterocycles. The van der Waals surface area contributed by atoms with Crippen molar-refractivity contribution in [1.82, 2.24) is 15.2 Å². The zero-order valence-electron chi connectivity index (χ0n) is 12.7. The predicted octanol–water partition coefficient (Wildman–Crippen LogP) is 3.01. The van der Waals surface area contributed by atoms with Gasteiger partial charge in [-0.1, -0.05) is 13.0 Å². The molecule has 0 bridgehead atoms. The Labute approximate surface area is 139 Å². The van der Waals surface area contributed by atoms with Gasteiger partial charge in [-0.15, -0.1) is 22.7 Å². The molecule has 0 saturated carbocycles. The summed E-state index contributed by atoms with van der Waals surface area (Å²) in [5, 5.41) is 8.11. The number of likely N-dealkylation sites (N-methyl/N-ethyl adjacent to an activating group) is 1. The Morgan fingerprint density at radius 1 is 1.50 bits per heavy atom. The molecule has 2 aromatic rings. The van der Waals surface area contributed by atoms with E-state index in [9.17, 15) is 4.79 Å². The molecule has 0 spiro atoms. The molecule has 0 aromatic carbocycles. The lowest BCUT2D eigenvalue weighted by Crippen LogP contribution is -2.40. The fraction of sp³-hybridized carbons (Fsp3) is 0.500. The van der Waals surface area contributed by atoms with Crippen molar-refractivity contribution >= 4 is 28.6 Å². The number of likely N-dealkylation sites (tertiary alicyclic amines) is 1. The van der Waals surface area contributed by atoms with Gasteiger partial charge in [-0.2, -0.15) is 0 Å². The van der Waals surface area contributed by atoms with E-state index in [0.717, 1.165) is 30.3 Å². The Morgan fingerprint density at radius 3 is 3.18 bits per heavy atom. The minimum absolute atomic E-state index is 0.0750. The largest absolute Gasteiger partial charge is 0.354 e. The molecule has 1 fully saturated rings. The zero-order chi connectivity index (χ0) is 15.4. The summed E-state index contributed by atoms with van der Waals surface area (Å²) in [5.41, 5.74) is 0.865. The lowest BCUT2D eigenvalue weighted by molar-refractivity contribution is -0.120. The number of hydrogen-bond donors (Lipinski definition) is 1. The Morgan fingerprint density at radius 2 is 2.41 bits per heavy atom. The minimum Gasteiger partial charge on any atom is -0.354 e. The molecule has 2 aromatic heterocycles. The molecule has 118 valence electrons. The van der Waals surface area contributed by atoms with Crippen molar-refractivity contribution < 1.29 is 4.79 Å². The molecule has 6 heteroatoms. The van der Waals surface area contributed by atoms with Crippen molar-refractivity contribution in [3.8, 4) is 9.88 Å². The number of rotatable bonds is 6. The van der Waals surface area contributed by atoms with Crippen LogP contribution in [0.1, 0.15) is 25.5 Å². The fourth-order valence-electron chi connectivity index (χ4n) is 2.90. The first-order chi connectivity index (χ1) is 10.8. The van der Waals surface area contributed by atoms with E-state index in [4.69, 9.17) is 0 Å². The maximum Gasteiger partial charge on any atom is 0.226 e.